The van der Waals surface area contributed by atoms with Crippen LogP contribution in [-0.2, 0) is 21.3 Å². The quantitative estimate of drug-likeness (QED) is 0.390. The third kappa shape index (κ3) is 6.46. The fourth-order valence-corrected chi connectivity index (χ4v) is 4.15. The number of aliphatic imine (C=N–C) groups is 1. The molecule has 23 heavy (non-hydrogen) atoms. The van der Waals surface area contributed by atoms with E-state index in [0.717, 1.165) is 31.1 Å². The Morgan fingerprint density at radius 2 is 2.09 bits per heavy atom. The first kappa shape index (κ1) is 19.9. The van der Waals surface area contributed by atoms with Crippen molar-refractivity contribution < 1.29 is 13.2 Å². The number of rotatable bonds is 9. The maximum absolute atomic E-state index is 12.0. The van der Waals surface area contributed by atoms with Crippen molar-refractivity contribution in [2.24, 2.45) is 4.99 Å². The van der Waals surface area contributed by atoms with Crippen LogP contribution in [0.15, 0.2) is 21.3 Å². The zero-order valence-corrected chi connectivity index (χ0v) is 15.8. The highest BCUT2D eigenvalue weighted by atomic mass is 32.2. The van der Waals surface area contributed by atoms with E-state index >= 15 is 0 Å². The van der Waals surface area contributed by atoms with Gasteiger partial charge in [0.2, 0.25) is 0 Å². The van der Waals surface area contributed by atoms with E-state index < -0.39 is 10.0 Å². The molecule has 0 aliphatic carbocycles. The molecule has 132 valence electrons. The lowest BCUT2D eigenvalue weighted by atomic mass is 10.4. The van der Waals surface area contributed by atoms with Crippen LogP contribution in [0.4, 0.5) is 0 Å². The van der Waals surface area contributed by atoms with Crippen molar-refractivity contribution in [1.82, 2.24) is 14.9 Å². The molecule has 0 bridgehead atoms. The summed E-state index contributed by atoms with van der Waals surface area (Å²) in [5.74, 6) is 0.687. The standard InChI is InChI=1S/C14H26N4O3S2/c1-5-21-10-6-9-16-14(15-2)17-11-12-7-8-13(22-12)23(19,20)18(3)4/h7-8H,5-6,9-11H2,1-4H3,(H2,15,16,17). The largest absolute Gasteiger partial charge is 0.382 e. The summed E-state index contributed by atoms with van der Waals surface area (Å²) in [6.45, 7) is 4.71. The molecule has 1 aromatic rings. The van der Waals surface area contributed by atoms with Gasteiger partial charge in [-0.2, -0.15) is 0 Å². The van der Waals surface area contributed by atoms with Crippen LogP contribution in [0.3, 0.4) is 0 Å². The Labute approximate surface area is 142 Å². The van der Waals surface area contributed by atoms with Gasteiger partial charge in [0.25, 0.3) is 10.0 Å². The zero-order valence-electron chi connectivity index (χ0n) is 14.1. The second kappa shape index (κ2) is 9.86. The molecule has 0 radical (unpaired) electrons. The molecular formula is C14H26N4O3S2. The average Bonchev–Trinajstić information content (AvgIpc) is 2.99. The number of ether oxygens (including phenoxy) is 1. The summed E-state index contributed by atoms with van der Waals surface area (Å²) >= 11 is 1.26. The predicted octanol–water partition coefficient (Wildman–Crippen LogP) is 1.09. The van der Waals surface area contributed by atoms with Gasteiger partial charge < -0.3 is 15.4 Å². The fraction of sp³-hybridized carbons (Fsp3) is 0.643. The smallest absolute Gasteiger partial charge is 0.252 e. The molecular weight excluding hydrogens is 336 g/mol. The van der Waals surface area contributed by atoms with Crippen molar-refractivity contribution in [2.75, 3.05) is 40.9 Å². The molecule has 0 unspecified atom stereocenters. The molecule has 0 aliphatic rings. The van der Waals surface area contributed by atoms with E-state index in [1.807, 2.05) is 13.0 Å². The molecule has 1 heterocycles. The summed E-state index contributed by atoms with van der Waals surface area (Å²) < 4.78 is 30.9. The molecule has 0 atom stereocenters. The lowest BCUT2D eigenvalue weighted by Crippen LogP contribution is -2.37. The second-order valence-corrected chi connectivity index (χ2v) is 8.46. The van der Waals surface area contributed by atoms with Crippen molar-refractivity contribution in [3.8, 4) is 0 Å². The highest BCUT2D eigenvalue weighted by Crippen LogP contribution is 2.23. The molecule has 0 aromatic carbocycles. The fourth-order valence-electron chi connectivity index (χ4n) is 1.69. The minimum Gasteiger partial charge on any atom is -0.382 e. The number of thiophene rings is 1. The van der Waals surface area contributed by atoms with Crippen LogP contribution in [0.1, 0.15) is 18.2 Å². The van der Waals surface area contributed by atoms with Gasteiger partial charge in [-0.05, 0) is 25.5 Å². The van der Waals surface area contributed by atoms with Crippen LogP contribution in [-0.4, -0.2) is 59.6 Å². The summed E-state index contributed by atoms with van der Waals surface area (Å²) in [4.78, 5) is 5.07. The summed E-state index contributed by atoms with van der Waals surface area (Å²) in [6.07, 6.45) is 0.902. The van der Waals surface area contributed by atoms with Crippen molar-refractivity contribution in [3.05, 3.63) is 17.0 Å². The minimum absolute atomic E-state index is 0.346. The van der Waals surface area contributed by atoms with Gasteiger partial charge in [0, 0.05) is 45.8 Å². The number of nitrogens with zero attached hydrogens (tertiary/aromatic N) is 2. The van der Waals surface area contributed by atoms with Crippen LogP contribution in [0.25, 0.3) is 0 Å². The molecule has 0 amide bonds. The maximum Gasteiger partial charge on any atom is 0.252 e. The third-order valence-electron chi connectivity index (χ3n) is 2.99. The monoisotopic (exact) mass is 362 g/mol. The first-order valence-corrected chi connectivity index (χ1v) is 9.71. The van der Waals surface area contributed by atoms with E-state index in [-0.39, 0.29) is 0 Å². The van der Waals surface area contributed by atoms with E-state index in [1.54, 1.807) is 13.1 Å². The number of nitrogens with one attached hydrogen (secondary N) is 2. The van der Waals surface area contributed by atoms with E-state index in [2.05, 4.69) is 15.6 Å². The van der Waals surface area contributed by atoms with Crippen molar-refractivity contribution in [1.29, 1.82) is 0 Å². The normalized spacial score (nSPS) is 12.7. The molecule has 9 heteroatoms. The van der Waals surface area contributed by atoms with Gasteiger partial charge in [0.15, 0.2) is 5.96 Å². The Morgan fingerprint density at radius 1 is 1.35 bits per heavy atom. The third-order valence-corrected chi connectivity index (χ3v) is 6.36. The topological polar surface area (TPSA) is 83.0 Å². The molecule has 1 aromatic heterocycles. The molecule has 0 fully saturated rings. The van der Waals surface area contributed by atoms with E-state index in [1.165, 1.54) is 29.7 Å². The predicted molar refractivity (Wildman–Crippen MR) is 94.5 cm³/mol. The minimum atomic E-state index is -3.36. The zero-order chi connectivity index (χ0) is 17.3. The molecule has 0 aliphatic heterocycles. The SMILES string of the molecule is CCOCCCNC(=NC)NCc1ccc(S(=O)(=O)N(C)C)s1. The Kier molecular flexibility index (Phi) is 8.53. The highest BCUT2D eigenvalue weighted by Gasteiger charge is 2.19. The Morgan fingerprint density at radius 3 is 2.70 bits per heavy atom. The Hall–Kier alpha value is -1.16. The Balaban J connectivity index is 2.46. The molecule has 1 rings (SSSR count). The van der Waals surface area contributed by atoms with Gasteiger partial charge in [0.1, 0.15) is 4.21 Å². The maximum atomic E-state index is 12.0. The van der Waals surface area contributed by atoms with Crippen molar-refractivity contribution >= 4 is 27.3 Å². The number of guanidine groups is 1. The highest BCUT2D eigenvalue weighted by molar-refractivity contribution is 7.91. The van der Waals surface area contributed by atoms with E-state index in [0.29, 0.717) is 16.7 Å². The summed E-state index contributed by atoms with van der Waals surface area (Å²) in [6, 6.07) is 3.45. The van der Waals surface area contributed by atoms with Crippen LogP contribution in [0, 0.1) is 0 Å². The number of sulfonamides is 1. The van der Waals surface area contributed by atoms with Gasteiger partial charge in [0.05, 0.1) is 6.54 Å². The van der Waals surface area contributed by atoms with Crippen molar-refractivity contribution in [2.45, 2.75) is 24.1 Å². The van der Waals surface area contributed by atoms with E-state index in [9.17, 15) is 8.42 Å². The lowest BCUT2D eigenvalue weighted by molar-refractivity contribution is 0.145. The molecule has 0 saturated heterocycles. The van der Waals surface area contributed by atoms with Gasteiger partial charge in [-0.1, -0.05) is 0 Å². The first-order valence-electron chi connectivity index (χ1n) is 7.45. The van der Waals surface area contributed by atoms with Crippen LogP contribution in [0.2, 0.25) is 0 Å². The van der Waals surface area contributed by atoms with Gasteiger partial charge in [-0.25, -0.2) is 12.7 Å². The van der Waals surface area contributed by atoms with Crippen molar-refractivity contribution in [3.63, 3.8) is 0 Å². The lowest BCUT2D eigenvalue weighted by Gasteiger charge is -2.11. The molecule has 2 N–H and O–H groups in total. The summed E-state index contributed by atoms with van der Waals surface area (Å²) in [5, 5.41) is 6.36. The summed E-state index contributed by atoms with van der Waals surface area (Å²) in [7, 11) is 1.40. The number of hydrogen-bond donors (Lipinski definition) is 2. The Bertz CT molecular complexity index is 597. The van der Waals surface area contributed by atoms with E-state index in [4.69, 9.17) is 4.74 Å². The first-order chi connectivity index (χ1) is 10.9. The van der Waals surface area contributed by atoms with Crippen LogP contribution in [0.5, 0.6) is 0 Å². The summed E-state index contributed by atoms with van der Waals surface area (Å²) in [5.41, 5.74) is 0. The second-order valence-electron chi connectivity index (χ2n) is 4.91. The average molecular weight is 363 g/mol. The number of hydrogen-bond acceptors (Lipinski definition) is 5. The molecule has 0 saturated carbocycles. The molecule has 0 spiro atoms. The van der Waals surface area contributed by atoms with Crippen LogP contribution < -0.4 is 10.6 Å². The molecule has 7 nitrogen and oxygen atoms in total. The van der Waals surface area contributed by atoms with Gasteiger partial charge >= 0.3 is 0 Å². The van der Waals surface area contributed by atoms with Gasteiger partial charge in [-0.3, -0.25) is 4.99 Å². The van der Waals surface area contributed by atoms with Crippen LogP contribution >= 0.6 is 11.3 Å². The van der Waals surface area contributed by atoms with Gasteiger partial charge in [-0.15, -0.1) is 11.3 Å².